The summed E-state index contributed by atoms with van der Waals surface area (Å²) in [5.74, 6) is 0.484. The van der Waals surface area contributed by atoms with Crippen molar-refractivity contribution in [2.75, 3.05) is 20.3 Å². The Morgan fingerprint density at radius 2 is 1.79 bits per heavy atom. The fourth-order valence-electron chi connectivity index (χ4n) is 5.12. The van der Waals surface area contributed by atoms with Crippen molar-refractivity contribution in [3.63, 3.8) is 0 Å². The van der Waals surface area contributed by atoms with E-state index in [0.29, 0.717) is 46.4 Å². The molecule has 0 radical (unpaired) electrons. The molecule has 0 bridgehead atoms. The largest absolute Gasteiger partial charge is 0.504 e. The number of ether oxygens (including phenoxy) is 3. The summed E-state index contributed by atoms with van der Waals surface area (Å²) in [6.07, 6.45) is 3.86. The van der Waals surface area contributed by atoms with Gasteiger partial charge in [0, 0.05) is 23.2 Å². The van der Waals surface area contributed by atoms with Crippen molar-refractivity contribution in [3.8, 4) is 23.0 Å². The van der Waals surface area contributed by atoms with Crippen LogP contribution < -0.4 is 19.5 Å². The van der Waals surface area contributed by atoms with Crippen LogP contribution in [0.25, 0.3) is 0 Å². The molecule has 39 heavy (non-hydrogen) atoms. The summed E-state index contributed by atoms with van der Waals surface area (Å²) in [7, 11) is 1.44. The lowest BCUT2D eigenvalue weighted by molar-refractivity contribution is -0.126. The van der Waals surface area contributed by atoms with E-state index in [-0.39, 0.29) is 35.9 Å². The Balaban J connectivity index is 1.60. The monoisotopic (exact) mass is 550 g/mol. The molecule has 5 rings (SSSR count). The summed E-state index contributed by atoms with van der Waals surface area (Å²) in [6.45, 7) is 0.887. The van der Waals surface area contributed by atoms with Gasteiger partial charge in [0.25, 0.3) is 5.91 Å². The van der Waals surface area contributed by atoms with E-state index in [1.807, 2.05) is 18.2 Å². The molecule has 0 unspecified atom stereocenters. The first-order chi connectivity index (χ1) is 18.9. The Labute approximate surface area is 232 Å². The van der Waals surface area contributed by atoms with Crippen molar-refractivity contribution < 1.29 is 28.9 Å². The van der Waals surface area contributed by atoms with Gasteiger partial charge >= 0.3 is 0 Å². The zero-order valence-electron chi connectivity index (χ0n) is 21.7. The number of rotatable bonds is 8. The lowest BCUT2D eigenvalue weighted by Crippen LogP contribution is -2.46. The van der Waals surface area contributed by atoms with Gasteiger partial charge in [0.05, 0.1) is 7.11 Å². The van der Waals surface area contributed by atoms with E-state index in [2.05, 4.69) is 5.32 Å². The lowest BCUT2D eigenvalue weighted by Gasteiger charge is -2.33. The van der Waals surface area contributed by atoms with Gasteiger partial charge in [-0.3, -0.25) is 9.59 Å². The van der Waals surface area contributed by atoms with Crippen LogP contribution in [-0.2, 0) is 11.3 Å². The van der Waals surface area contributed by atoms with Crippen LogP contribution in [-0.4, -0.2) is 48.2 Å². The third-order valence-electron chi connectivity index (χ3n) is 7.13. The third-order valence-corrected chi connectivity index (χ3v) is 7.50. The number of fused-ring (bicyclic) bond motifs is 1. The molecular formula is C30H31ClN2O6. The molecule has 1 fully saturated rings. The van der Waals surface area contributed by atoms with Crippen LogP contribution in [0.15, 0.2) is 60.7 Å². The van der Waals surface area contributed by atoms with E-state index in [1.165, 1.54) is 18.1 Å². The molecule has 1 aliphatic carbocycles. The summed E-state index contributed by atoms with van der Waals surface area (Å²) < 4.78 is 16.7. The Morgan fingerprint density at radius 3 is 2.54 bits per heavy atom. The van der Waals surface area contributed by atoms with Gasteiger partial charge in [-0.15, -0.1) is 0 Å². The molecule has 9 heteroatoms. The summed E-state index contributed by atoms with van der Waals surface area (Å²) in [4.78, 5) is 29.7. The number of methoxy groups -OCH3 is 1. The fourth-order valence-corrected chi connectivity index (χ4v) is 5.32. The first-order valence-electron chi connectivity index (χ1n) is 13.1. The second-order valence-electron chi connectivity index (χ2n) is 9.71. The van der Waals surface area contributed by atoms with E-state index in [9.17, 15) is 14.7 Å². The van der Waals surface area contributed by atoms with Crippen molar-refractivity contribution in [2.45, 2.75) is 44.3 Å². The van der Waals surface area contributed by atoms with E-state index in [0.717, 1.165) is 25.7 Å². The number of hydrogen-bond acceptors (Lipinski definition) is 6. The molecular weight excluding hydrogens is 520 g/mol. The second-order valence-corrected chi connectivity index (χ2v) is 10.1. The molecule has 0 saturated heterocycles. The molecule has 1 atom stereocenters. The zero-order chi connectivity index (χ0) is 27.4. The highest BCUT2D eigenvalue weighted by molar-refractivity contribution is 6.31. The number of carbonyl (C=O) groups excluding carboxylic acids is 2. The standard InChI is InChI=1S/C30H31ClN2O6/c1-37-26-16-19(10-12-24(26)34)28(29(35)32-22-7-3-4-8-22)33(18-21-6-2-5-9-23(21)31)30(36)20-11-13-25-27(17-20)39-15-14-38-25/h2,5-6,9-13,16-17,22,28,34H,3-4,7-8,14-15,18H2,1H3,(H,32,35)/t28-/m1/s1. The molecule has 1 heterocycles. The quantitative estimate of drug-likeness (QED) is 0.397. The summed E-state index contributed by atoms with van der Waals surface area (Å²) in [5.41, 5.74) is 1.53. The number of aromatic hydroxyl groups is 1. The van der Waals surface area contributed by atoms with Gasteiger partial charge in [0.15, 0.2) is 23.0 Å². The van der Waals surface area contributed by atoms with Crippen LogP contribution in [0.5, 0.6) is 23.0 Å². The highest BCUT2D eigenvalue weighted by Gasteiger charge is 2.35. The molecule has 3 aromatic carbocycles. The molecule has 0 spiro atoms. The average molecular weight is 551 g/mol. The van der Waals surface area contributed by atoms with Crippen molar-refractivity contribution in [3.05, 3.63) is 82.4 Å². The van der Waals surface area contributed by atoms with Gasteiger partial charge in [0.2, 0.25) is 5.91 Å². The molecule has 2 amide bonds. The van der Waals surface area contributed by atoms with Gasteiger partial charge in [-0.25, -0.2) is 0 Å². The maximum Gasteiger partial charge on any atom is 0.255 e. The van der Waals surface area contributed by atoms with Crippen molar-refractivity contribution in [1.82, 2.24) is 10.2 Å². The number of amides is 2. The SMILES string of the molecule is COc1cc([C@H](C(=O)NC2CCCC2)N(Cc2ccccc2Cl)C(=O)c2ccc3c(c2)OCCO3)ccc1O. The smallest absolute Gasteiger partial charge is 0.255 e. The van der Waals surface area contributed by atoms with Crippen molar-refractivity contribution in [1.29, 1.82) is 0 Å². The van der Waals surface area contributed by atoms with Crippen LogP contribution in [0.2, 0.25) is 5.02 Å². The van der Waals surface area contributed by atoms with Gasteiger partial charge in [-0.1, -0.05) is 48.7 Å². The first kappa shape index (κ1) is 26.7. The number of benzene rings is 3. The maximum absolute atomic E-state index is 14.2. The Bertz CT molecular complexity index is 1360. The lowest BCUT2D eigenvalue weighted by atomic mass is 10.00. The first-order valence-corrected chi connectivity index (χ1v) is 13.4. The zero-order valence-corrected chi connectivity index (χ0v) is 22.4. The van der Waals surface area contributed by atoms with Gasteiger partial charge in [-0.05, 0) is 60.4 Å². The molecule has 1 aliphatic heterocycles. The summed E-state index contributed by atoms with van der Waals surface area (Å²) in [6, 6.07) is 15.9. The van der Waals surface area contributed by atoms with Crippen LogP contribution >= 0.6 is 11.6 Å². The van der Waals surface area contributed by atoms with E-state index < -0.39 is 6.04 Å². The average Bonchev–Trinajstić information content (AvgIpc) is 3.47. The minimum atomic E-state index is -1.03. The summed E-state index contributed by atoms with van der Waals surface area (Å²) in [5, 5.41) is 13.9. The minimum Gasteiger partial charge on any atom is -0.504 e. The minimum absolute atomic E-state index is 0.0329. The number of halogens is 1. The molecule has 2 N–H and O–H groups in total. The van der Waals surface area contributed by atoms with Gasteiger partial charge in [0.1, 0.15) is 19.3 Å². The molecule has 3 aromatic rings. The number of phenolic OH excluding ortho intramolecular Hbond substituents is 1. The van der Waals surface area contributed by atoms with E-state index >= 15 is 0 Å². The third kappa shape index (κ3) is 5.91. The van der Waals surface area contributed by atoms with Crippen molar-refractivity contribution >= 4 is 23.4 Å². The summed E-state index contributed by atoms with van der Waals surface area (Å²) >= 11 is 6.52. The van der Waals surface area contributed by atoms with Gasteiger partial charge in [-0.2, -0.15) is 0 Å². The van der Waals surface area contributed by atoms with E-state index in [4.69, 9.17) is 25.8 Å². The van der Waals surface area contributed by atoms with E-state index in [1.54, 1.807) is 36.4 Å². The highest BCUT2D eigenvalue weighted by Crippen LogP contribution is 2.36. The Morgan fingerprint density at radius 1 is 1.05 bits per heavy atom. The van der Waals surface area contributed by atoms with Crippen LogP contribution in [0.1, 0.15) is 53.2 Å². The predicted molar refractivity (Wildman–Crippen MR) is 147 cm³/mol. The normalized spacial score (nSPS) is 15.4. The van der Waals surface area contributed by atoms with Crippen LogP contribution in [0.4, 0.5) is 0 Å². The molecule has 2 aliphatic rings. The highest BCUT2D eigenvalue weighted by atomic mass is 35.5. The number of nitrogens with zero attached hydrogens (tertiary/aromatic N) is 1. The maximum atomic E-state index is 14.2. The number of nitrogens with one attached hydrogen (secondary N) is 1. The molecule has 204 valence electrons. The van der Waals surface area contributed by atoms with Crippen LogP contribution in [0.3, 0.4) is 0 Å². The predicted octanol–water partition coefficient (Wildman–Crippen LogP) is 5.27. The fraction of sp³-hybridized carbons (Fsp3) is 0.333. The number of phenols is 1. The Kier molecular flexibility index (Phi) is 8.12. The topological polar surface area (TPSA) is 97.3 Å². The Hall–Kier alpha value is -3.91. The second kappa shape index (κ2) is 11.9. The number of hydrogen-bond donors (Lipinski definition) is 2. The van der Waals surface area contributed by atoms with Gasteiger partial charge < -0.3 is 29.5 Å². The molecule has 1 saturated carbocycles. The molecule has 0 aromatic heterocycles. The van der Waals surface area contributed by atoms with Crippen LogP contribution in [0, 0.1) is 0 Å². The van der Waals surface area contributed by atoms with Crippen molar-refractivity contribution in [2.24, 2.45) is 0 Å². The molecule has 8 nitrogen and oxygen atoms in total. The number of carbonyl (C=O) groups is 2.